The Morgan fingerprint density at radius 1 is 1.23 bits per heavy atom. The second-order valence-electron chi connectivity index (χ2n) is 2.99. The molecule has 2 nitrogen and oxygen atoms in total. The number of nitrogens with two attached hydrogens (primary N) is 1. The molecule has 66 valence electrons. The number of rotatable bonds is 0. The van der Waals surface area contributed by atoms with Crippen molar-refractivity contribution >= 4 is 32.5 Å². The van der Waals surface area contributed by atoms with Crippen molar-refractivity contribution in [1.29, 1.82) is 0 Å². The summed E-state index contributed by atoms with van der Waals surface area (Å²) in [5.41, 5.74) is 6.95. The summed E-state index contributed by atoms with van der Waals surface area (Å²) in [4.78, 5) is 4.04. The van der Waals surface area contributed by atoms with Crippen LogP contribution in [0.5, 0.6) is 0 Å². The third-order valence-electron chi connectivity index (χ3n) is 2.10. The minimum absolute atomic E-state index is 0.582. The smallest absolute Gasteiger partial charge is 0.131 e. The largest absolute Gasteiger partial charge is 0.383 e. The second kappa shape index (κ2) is 3.00. The highest BCUT2D eigenvalue weighted by Crippen LogP contribution is 2.29. The second-order valence-corrected chi connectivity index (χ2v) is 3.78. The van der Waals surface area contributed by atoms with Gasteiger partial charge in [0.05, 0.1) is 0 Å². The summed E-state index contributed by atoms with van der Waals surface area (Å²) in [6.07, 6.45) is 1.72. The number of nitrogens with zero attached hydrogens (tertiary/aromatic N) is 1. The quantitative estimate of drug-likeness (QED) is 0.765. The highest BCUT2D eigenvalue weighted by Gasteiger charge is 2.03. The van der Waals surface area contributed by atoms with Crippen LogP contribution in [0.15, 0.2) is 28.9 Å². The minimum Gasteiger partial charge on any atom is -0.383 e. The number of aryl methyl sites for hydroxylation is 1. The van der Waals surface area contributed by atoms with Gasteiger partial charge in [-0.25, -0.2) is 4.98 Å². The Labute approximate surface area is 84.9 Å². The van der Waals surface area contributed by atoms with Crippen molar-refractivity contribution in [2.75, 3.05) is 5.73 Å². The Morgan fingerprint density at radius 3 is 2.77 bits per heavy atom. The van der Waals surface area contributed by atoms with Gasteiger partial charge in [-0.15, -0.1) is 0 Å². The predicted octanol–water partition coefficient (Wildman–Crippen LogP) is 2.89. The lowest BCUT2D eigenvalue weighted by atomic mass is 10.1. The van der Waals surface area contributed by atoms with E-state index in [1.54, 1.807) is 6.20 Å². The van der Waals surface area contributed by atoms with E-state index in [4.69, 9.17) is 5.73 Å². The highest BCUT2D eigenvalue weighted by atomic mass is 79.9. The zero-order valence-electron chi connectivity index (χ0n) is 7.21. The molecule has 3 heteroatoms. The molecule has 0 saturated carbocycles. The summed E-state index contributed by atoms with van der Waals surface area (Å²) in [6, 6.07) is 5.99. The average molecular weight is 237 g/mol. The van der Waals surface area contributed by atoms with Crippen molar-refractivity contribution in [3.05, 3.63) is 34.4 Å². The van der Waals surface area contributed by atoms with Crippen LogP contribution >= 0.6 is 15.9 Å². The Morgan fingerprint density at radius 2 is 2.00 bits per heavy atom. The molecule has 0 amide bonds. The van der Waals surface area contributed by atoms with Gasteiger partial charge in [-0.3, -0.25) is 0 Å². The Bertz CT molecular complexity index is 466. The Kier molecular flexibility index (Phi) is 1.96. The maximum Gasteiger partial charge on any atom is 0.131 e. The van der Waals surface area contributed by atoms with Crippen LogP contribution in [0.3, 0.4) is 0 Å². The first-order valence-corrected chi connectivity index (χ1v) is 4.79. The van der Waals surface area contributed by atoms with Crippen molar-refractivity contribution in [1.82, 2.24) is 4.98 Å². The molecule has 0 saturated heterocycles. The van der Waals surface area contributed by atoms with Gasteiger partial charge in [0.15, 0.2) is 0 Å². The monoisotopic (exact) mass is 236 g/mol. The minimum atomic E-state index is 0.582. The number of nitrogen functional groups attached to an aromatic ring is 1. The number of hydrogen-bond acceptors (Lipinski definition) is 2. The normalized spacial score (nSPS) is 10.6. The fraction of sp³-hybridized carbons (Fsp3) is 0.100. The van der Waals surface area contributed by atoms with Gasteiger partial charge in [0.25, 0.3) is 0 Å². The summed E-state index contributed by atoms with van der Waals surface area (Å²) in [6.45, 7) is 2.06. The molecule has 2 rings (SSSR count). The molecular formula is C10H9BrN2. The highest BCUT2D eigenvalue weighted by molar-refractivity contribution is 9.10. The van der Waals surface area contributed by atoms with Crippen LogP contribution in [0.1, 0.15) is 5.56 Å². The van der Waals surface area contributed by atoms with Crippen LogP contribution in [0, 0.1) is 6.92 Å². The summed E-state index contributed by atoms with van der Waals surface area (Å²) in [7, 11) is 0. The molecule has 1 aromatic carbocycles. The third kappa shape index (κ3) is 1.29. The molecule has 0 atom stereocenters. The van der Waals surface area contributed by atoms with Crippen LogP contribution in [-0.4, -0.2) is 4.98 Å². The zero-order valence-corrected chi connectivity index (χ0v) is 8.80. The van der Waals surface area contributed by atoms with E-state index in [-0.39, 0.29) is 0 Å². The Balaban J connectivity index is 2.94. The summed E-state index contributed by atoms with van der Waals surface area (Å²) >= 11 is 3.53. The van der Waals surface area contributed by atoms with Crippen molar-refractivity contribution in [2.45, 2.75) is 6.92 Å². The number of anilines is 1. The van der Waals surface area contributed by atoms with Crippen LogP contribution < -0.4 is 5.73 Å². The predicted molar refractivity (Wildman–Crippen MR) is 58.6 cm³/mol. The molecule has 0 unspecified atom stereocenters. The van der Waals surface area contributed by atoms with Crippen LogP contribution in [0.25, 0.3) is 10.8 Å². The van der Waals surface area contributed by atoms with E-state index in [1.807, 2.05) is 18.2 Å². The lowest BCUT2D eigenvalue weighted by Gasteiger charge is -2.04. The maximum absolute atomic E-state index is 5.74. The molecule has 1 aromatic heterocycles. The van der Waals surface area contributed by atoms with Crippen LogP contribution in [0.4, 0.5) is 5.82 Å². The first-order chi connectivity index (χ1) is 6.20. The number of fused-ring (bicyclic) bond motifs is 1. The molecule has 13 heavy (non-hydrogen) atoms. The van der Waals surface area contributed by atoms with Gasteiger partial charge in [0.2, 0.25) is 0 Å². The molecule has 0 aliphatic carbocycles. The summed E-state index contributed by atoms with van der Waals surface area (Å²) in [5, 5.41) is 2.12. The van der Waals surface area contributed by atoms with E-state index < -0.39 is 0 Å². The van der Waals surface area contributed by atoms with E-state index in [2.05, 4.69) is 27.8 Å². The number of halogens is 1. The van der Waals surface area contributed by atoms with Gasteiger partial charge in [-0.05, 0) is 34.5 Å². The molecule has 0 spiro atoms. The fourth-order valence-electron chi connectivity index (χ4n) is 1.35. The molecule has 1 heterocycles. The molecule has 0 aliphatic rings. The summed E-state index contributed by atoms with van der Waals surface area (Å²) in [5.74, 6) is 0.582. The number of benzene rings is 1. The average Bonchev–Trinajstić information content (AvgIpc) is 2.12. The topological polar surface area (TPSA) is 38.9 Å². The van der Waals surface area contributed by atoms with Crippen molar-refractivity contribution in [2.24, 2.45) is 0 Å². The van der Waals surface area contributed by atoms with E-state index >= 15 is 0 Å². The Hall–Kier alpha value is -1.09. The van der Waals surface area contributed by atoms with Gasteiger partial charge < -0.3 is 5.73 Å². The maximum atomic E-state index is 5.74. The van der Waals surface area contributed by atoms with Crippen LogP contribution in [0.2, 0.25) is 0 Å². The standard InChI is InChI=1S/C10H9BrN2/c1-6-2-3-8-7(9(6)11)4-5-13-10(8)12/h2-5H,1H3,(H2,12,13). The summed E-state index contributed by atoms with van der Waals surface area (Å²) < 4.78 is 1.10. The first-order valence-electron chi connectivity index (χ1n) is 3.99. The number of hydrogen-bond donors (Lipinski definition) is 1. The fourth-order valence-corrected chi connectivity index (χ4v) is 1.83. The van der Waals surface area contributed by atoms with Gasteiger partial charge >= 0.3 is 0 Å². The molecule has 0 fully saturated rings. The van der Waals surface area contributed by atoms with Crippen LogP contribution in [-0.2, 0) is 0 Å². The van der Waals surface area contributed by atoms with Gasteiger partial charge in [-0.1, -0.05) is 12.1 Å². The first kappa shape index (κ1) is 8.51. The zero-order chi connectivity index (χ0) is 9.42. The molecule has 0 bridgehead atoms. The van der Waals surface area contributed by atoms with E-state index in [9.17, 15) is 0 Å². The third-order valence-corrected chi connectivity index (χ3v) is 3.16. The lowest BCUT2D eigenvalue weighted by Crippen LogP contribution is -1.91. The molecule has 2 N–H and O–H groups in total. The van der Waals surface area contributed by atoms with Gasteiger partial charge in [-0.2, -0.15) is 0 Å². The van der Waals surface area contributed by atoms with E-state index in [0.717, 1.165) is 15.2 Å². The van der Waals surface area contributed by atoms with Crippen molar-refractivity contribution < 1.29 is 0 Å². The van der Waals surface area contributed by atoms with E-state index in [0.29, 0.717) is 5.82 Å². The lowest BCUT2D eigenvalue weighted by molar-refractivity contribution is 1.36. The van der Waals surface area contributed by atoms with Crippen molar-refractivity contribution in [3.8, 4) is 0 Å². The van der Waals surface area contributed by atoms with Gasteiger partial charge in [0.1, 0.15) is 5.82 Å². The van der Waals surface area contributed by atoms with Crippen molar-refractivity contribution in [3.63, 3.8) is 0 Å². The molecule has 0 radical (unpaired) electrons. The molecular weight excluding hydrogens is 228 g/mol. The molecule has 0 aliphatic heterocycles. The van der Waals surface area contributed by atoms with Gasteiger partial charge in [0, 0.05) is 21.4 Å². The molecule has 2 aromatic rings. The van der Waals surface area contributed by atoms with E-state index in [1.165, 1.54) is 5.56 Å². The number of aromatic nitrogens is 1. The SMILES string of the molecule is Cc1ccc2c(N)nccc2c1Br. The number of pyridine rings is 1.